The average Bonchev–Trinajstić information content (AvgIpc) is 3.62. The lowest BCUT2D eigenvalue weighted by molar-refractivity contribution is -0.114. The van der Waals surface area contributed by atoms with Gasteiger partial charge in [0.15, 0.2) is 0 Å². The van der Waals surface area contributed by atoms with Crippen LogP contribution in [0.2, 0.25) is 0 Å². The van der Waals surface area contributed by atoms with Crippen molar-refractivity contribution in [1.29, 1.82) is 0 Å². The van der Waals surface area contributed by atoms with Gasteiger partial charge in [0.25, 0.3) is 11.8 Å². The summed E-state index contributed by atoms with van der Waals surface area (Å²) in [7, 11) is 0. The molecular weight excluding hydrogens is 408 g/mol. The molecule has 4 N–H and O–H groups in total. The Morgan fingerprint density at radius 3 is 2.62 bits per heavy atom. The Labute approximate surface area is 187 Å². The number of para-hydroxylation sites is 1. The average molecular weight is 437 g/mol. The van der Waals surface area contributed by atoms with Gasteiger partial charge in [-0.25, -0.2) is 0 Å². The summed E-state index contributed by atoms with van der Waals surface area (Å²) in [5, 5.41) is 18.6. The molecule has 1 aliphatic heterocycles. The second kappa shape index (κ2) is 9.82. The molecule has 2 aromatic rings. The highest BCUT2D eigenvalue weighted by Crippen LogP contribution is 2.22. The van der Waals surface area contributed by atoms with E-state index in [1.807, 2.05) is 0 Å². The highest BCUT2D eigenvalue weighted by atomic mass is 16.3. The summed E-state index contributed by atoms with van der Waals surface area (Å²) in [6, 6.07) is 14.1. The Morgan fingerprint density at radius 1 is 1.03 bits per heavy atom. The predicted octanol–water partition coefficient (Wildman–Crippen LogP) is 2.23. The molecule has 1 atom stereocenters. The molecule has 2 aliphatic rings. The first-order valence-corrected chi connectivity index (χ1v) is 11.0. The first-order chi connectivity index (χ1) is 15.5. The van der Waals surface area contributed by atoms with Gasteiger partial charge in [-0.3, -0.25) is 14.4 Å². The van der Waals surface area contributed by atoms with Gasteiger partial charge in [0.05, 0.1) is 23.9 Å². The Bertz CT molecular complexity index is 1000. The molecule has 1 unspecified atom stereocenters. The van der Waals surface area contributed by atoms with E-state index in [0.29, 0.717) is 42.0 Å². The van der Waals surface area contributed by atoms with E-state index in [-0.39, 0.29) is 30.3 Å². The standard InChI is InChI=1S/C24H28N4O4/c29-19-7-4-12-28(15-19)24(32)16-5-3-6-18(13-16)25-14-22(30)27-21-9-2-1-8-20(21)23(31)26-17-10-11-17/h1-3,5-6,8-9,13,17,19,25,29H,4,7,10-12,14-15H2,(H,26,31)(H,27,30). The van der Waals surface area contributed by atoms with Gasteiger partial charge in [-0.2, -0.15) is 0 Å². The topological polar surface area (TPSA) is 111 Å². The first-order valence-electron chi connectivity index (χ1n) is 11.0. The third-order valence-corrected chi connectivity index (χ3v) is 5.60. The van der Waals surface area contributed by atoms with Crippen LogP contribution in [0.25, 0.3) is 0 Å². The molecule has 1 aliphatic carbocycles. The van der Waals surface area contributed by atoms with Crippen LogP contribution in [0.4, 0.5) is 11.4 Å². The number of hydrogen-bond donors (Lipinski definition) is 4. The number of likely N-dealkylation sites (tertiary alicyclic amines) is 1. The number of carbonyl (C=O) groups is 3. The fourth-order valence-electron chi connectivity index (χ4n) is 3.74. The van der Waals surface area contributed by atoms with E-state index >= 15 is 0 Å². The first kappa shape index (κ1) is 21.8. The minimum Gasteiger partial charge on any atom is -0.391 e. The Kier molecular flexibility index (Phi) is 6.70. The molecule has 1 heterocycles. The molecular formula is C24H28N4O4. The van der Waals surface area contributed by atoms with Gasteiger partial charge in [-0.1, -0.05) is 18.2 Å². The maximum atomic E-state index is 12.7. The molecule has 8 nitrogen and oxygen atoms in total. The number of aliphatic hydroxyl groups is 1. The fourth-order valence-corrected chi connectivity index (χ4v) is 3.74. The molecule has 0 radical (unpaired) electrons. The van der Waals surface area contributed by atoms with Gasteiger partial charge in [-0.05, 0) is 56.0 Å². The maximum Gasteiger partial charge on any atom is 0.254 e. The van der Waals surface area contributed by atoms with E-state index in [2.05, 4.69) is 16.0 Å². The van der Waals surface area contributed by atoms with Gasteiger partial charge in [0, 0.05) is 30.4 Å². The zero-order valence-electron chi connectivity index (χ0n) is 17.8. The lowest BCUT2D eigenvalue weighted by Crippen LogP contribution is -2.42. The third-order valence-electron chi connectivity index (χ3n) is 5.60. The quantitative estimate of drug-likeness (QED) is 0.532. The monoisotopic (exact) mass is 436 g/mol. The number of piperidine rings is 1. The molecule has 0 spiro atoms. The minimum atomic E-state index is -0.480. The van der Waals surface area contributed by atoms with Gasteiger partial charge < -0.3 is 26.0 Å². The number of nitrogens with one attached hydrogen (secondary N) is 3. The second-order valence-corrected chi connectivity index (χ2v) is 8.32. The molecule has 2 aromatic carbocycles. The molecule has 0 bridgehead atoms. The van der Waals surface area contributed by atoms with Crippen LogP contribution in [0.5, 0.6) is 0 Å². The molecule has 3 amide bonds. The van der Waals surface area contributed by atoms with Crippen molar-refractivity contribution in [1.82, 2.24) is 10.2 Å². The van der Waals surface area contributed by atoms with Gasteiger partial charge in [-0.15, -0.1) is 0 Å². The van der Waals surface area contributed by atoms with E-state index in [0.717, 1.165) is 19.3 Å². The van der Waals surface area contributed by atoms with E-state index in [9.17, 15) is 19.5 Å². The van der Waals surface area contributed by atoms with Crippen molar-refractivity contribution < 1.29 is 19.5 Å². The maximum absolute atomic E-state index is 12.7. The lowest BCUT2D eigenvalue weighted by atomic mass is 10.1. The number of β-amino-alcohol motifs (C(OH)–C–C–N with tert-alkyl or cyclic N) is 1. The lowest BCUT2D eigenvalue weighted by Gasteiger charge is -2.30. The van der Waals surface area contributed by atoms with Gasteiger partial charge in [0.1, 0.15) is 0 Å². The number of rotatable bonds is 7. The predicted molar refractivity (Wildman–Crippen MR) is 122 cm³/mol. The normalized spacial score (nSPS) is 18.0. The highest BCUT2D eigenvalue weighted by Gasteiger charge is 2.25. The van der Waals surface area contributed by atoms with E-state index in [1.165, 1.54) is 0 Å². The molecule has 1 saturated heterocycles. The Hall–Kier alpha value is -3.39. The van der Waals surface area contributed by atoms with Crippen molar-refractivity contribution in [2.75, 3.05) is 30.3 Å². The molecule has 2 fully saturated rings. The van der Waals surface area contributed by atoms with E-state index in [4.69, 9.17) is 0 Å². The van der Waals surface area contributed by atoms with Gasteiger partial charge in [0.2, 0.25) is 5.91 Å². The van der Waals surface area contributed by atoms with Crippen LogP contribution < -0.4 is 16.0 Å². The number of hydrogen-bond acceptors (Lipinski definition) is 5. The zero-order chi connectivity index (χ0) is 22.5. The SMILES string of the molecule is O=C(CNc1cccc(C(=O)N2CCCC(O)C2)c1)Nc1ccccc1C(=O)NC1CC1. The summed E-state index contributed by atoms with van der Waals surface area (Å²) in [5.41, 5.74) is 2.05. The minimum absolute atomic E-state index is 0.0152. The molecule has 8 heteroatoms. The van der Waals surface area contributed by atoms with Crippen molar-refractivity contribution in [3.63, 3.8) is 0 Å². The summed E-state index contributed by atoms with van der Waals surface area (Å²) in [6.45, 7) is 0.953. The van der Waals surface area contributed by atoms with Crippen LogP contribution in [0.15, 0.2) is 48.5 Å². The van der Waals surface area contributed by atoms with Crippen molar-refractivity contribution in [2.45, 2.75) is 37.8 Å². The van der Waals surface area contributed by atoms with Crippen molar-refractivity contribution >= 4 is 29.1 Å². The largest absolute Gasteiger partial charge is 0.391 e. The summed E-state index contributed by atoms with van der Waals surface area (Å²) in [6.07, 6.45) is 3.00. The van der Waals surface area contributed by atoms with Crippen LogP contribution in [0, 0.1) is 0 Å². The molecule has 4 rings (SSSR count). The number of benzene rings is 2. The fraction of sp³-hybridized carbons (Fsp3) is 0.375. The van der Waals surface area contributed by atoms with Crippen LogP contribution in [-0.4, -0.2) is 59.5 Å². The second-order valence-electron chi connectivity index (χ2n) is 8.32. The summed E-state index contributed by atoms with van der Waals surface area (Å²) in [5.74, 6) is -0.620. The molecule has 0 aromatic heterocycles. The summed E-state index contributed by atoms with van der Waals surface area (Å²) >= 11 is 0. The summed E-state index contributed by atoms with van der Waals surface area (Å²) in [4.78, 5) is 39.3. The molecule has 32 heavy (non-hydrogen) atoms. The van der Waals surface area contributed by atoms with Crippen molar-refractivity contribution in [3.8, 4) is 0 Å². The Morgan fingerprint density at radius 2 is 1.84 bits per heavy atom. The molecule has 168 valence electrons. The number of carbonyl (C=O) groups excluding carboxylic acids is 3. The van der Waals surface area contributed by atoms with E-state index < -0.39 is 6.10 Å². The highest BCUT2D eigenvalue weighted by molar-refractivity contribution is 6.04. The Balaban J connectivity index is 1.34. The molecule has 1 saturated carbocycles. The van der Waals surface area contributed by atoms with Crippen molar-refractivity contribution in [2.24, 2.45) is 0 Å². The number of aliphatic hydroxyl groups excluding tert-OH is 1. The third kappa shape index (κ3) is 5.64. The van der Waals surface area contributed by atoms with Gasteiger partial charge >= 0.3 is 0 Å². The number of anilines is 2. The van der Waals surface area contributed by atoms with Crippen LogP contribution in [0.3, 0.4) is 0 Å². The van der Waals surface area contributed by atoms with Crippen LogP contribution >= 0.6 is 0 Å². The van der Waals surface area contributed by atoms with E-state index in [1.54, 1.807) is 53.4 Å². The zero-order valence-corrected chi connectivity index (χ0v) is 17.8. The van der Waals surface area contributed by atoms with Crippen molar-refractivity contribution in [3.05, 3.63) is 59.7 Å². The number of amides is 3. The van der Waals surface area contributed by atoms with Crippen LogP contribution in [0.1, 0.15) is 46.4 Å². The summed E-state index contributed by atoms with van der Waals surface area (Å²) < 4.78 is 0. The smallest absolute Gasteiger partial charge is 0.254 e. The number of nitrogens with zero attached hydrogens (tertiary/aromatic N) is 1. The van der Waals surface area contributed by atoms with Crippen LogP contribution in [-0.2, 0) is 4.79 Å².